The number of amides is 1. The summed E-state index contributed by atoms with van der Waals surface area (Å²) in [6.45, 7) is 5.03. The van der Waals surface area contributed by atoms with Crippen LogP contribution in [0.3, 0.4) is 0 Å². The second kappa shape index (κ2) is 7.65. The van der Waals surface area contributed by atoms with Crippen molar-refractivity contribution in [3.05, 3.63) is 52.3 Å². The maximum Gasteiger partial charge on any atom is 0.340 e. The number of nitrogens with two attached hydrogens (primary N) is 1. The molecule has 0 aliphatic heterocycles. The highest BCUT2D eigenvalue weighted by Gasteiger charge is 2.23. The van der Waals surface area contributed by atoms with Gasteiger partial charge in [0.05, 0.1) is 23.4 Å². The third-order valence-corrected chi connectivity index (χ3v) is 3.71. The number of aryl methyl sites for hydroxylation is 1. The molecule has 0 unspecified atom stereocenters. The van der Waals surface area contributed by atoms with Gasteiger partial charge in [0.2, 0.25) is 5.78 Å². The predicted molar refractivity (Wildman–Crippen MR) is 91.0 cm³/mol. The van der Waals surface area contributed by atoms with Crippen LogP contribution in [0.5, 0.6) is 5.75 Å². The van der Waals surface area contributed by atoms with Crippen LogP contribution in [-0.2, 0) is 4.74 Å². The van der Waals surface area contributed by atoms with Crippen molar-refractivity contribution in [1.29, 1.82) is 0 Å². The Morgan fingerprint density at radius 1 is 1.16 bits per heavy atom. The van der Waals surface area contributed by atoms with Gasteiger partial charge >= 0.3 is 5.97 Å². The third-order valence-electron chi connectivity index (χ3n) is 3.71. The molecule has 0 aliphatic carbocycles. The van der Waals surface area contributed by atoms with E-state index in [2.05, 4.69) is 4.98 Å². The second-order valence-corrected chi connectivity index (χ2v) is 5.42. The minimum atomic E-state index is -0.639. The maximum absolute atomic E-state index is 12.4. The van der Waals surface area contributed by atoms with Crippen LogP contribution in [0.15, 0.2) is 24.3 Å². The summed E-state index contributed by atoms with van der Waals surface area (Å²) >= 11 is 0. The summed E-state index contributed by atoms with van der Waals surface area (Å²) in [7, 11) is 0. The molecule has 3 N–H and O–H groups in total. The molecule has 2 aromatic rings. The van der Waals surface area contributed by atoms with Crippen molar-refractivity contribution >= 4 is 17.7 Å². The number of rotatable bonds is 7. The molecule has 0 aliphatic rings. The molecule has 0 bridgehead atoms. The van der Waals surface area contributed by atoms with Gasteiger partial charge in [-0.1, -0.05) is 12.1 Å². The number of aromatic amines is 1. The fraction of sp³-hybridized carbons (Fsp3) is 0.278. The Bertz CT molecular complexity index is 823. The number of primary amides is 1. The monoisotopic (exact) mass is 344 g/mol. The number of hydrogen-bond acceptors (Lipinski definition) is 5. The molecular formula is C18H20N2O5. The van der Waals surface area contributed by atoms with Crippen molar-refractivity contribution in [2.45, 2.75) is 20.8 Å². The van der Waals surface area contributed by atoms with Crippen molar-refractivity contribution in [2.75, 3.05) is 13.2 Å². The molecule has 7 heteroatoms. The zero-order chi connectivity index (χ0) is 18.6. The van der Waals surface area contributed by atoms with Crippen molar-refractivity contribution in [3.63, 3.8) is 0 Å². The lowest BCUT2D eigenvalue weighted by Crippen LogP contribution is -2.17. The highest BCUT2D eigenvalue weighted by molar-refractivity contribution is 6.02. The minimum absolute atomic E-state index is 0.196. The third kappa shape index (κ3) is 3.88. The van der Waals surface area contributed by atoms with E-state index in [9.17, 15) is 14.4 Å². The summed E-state index contributed by atoms with van der Waals surface area (Å²) < 4.78 is 10.4. The number of ketones is 1. The van der Waals surface area contributed by atoms with E-state index in [1.165, 1.54) is 6.07 Å². The van der Waals surface area contributed by atoms with Crippen LogP contribution in [0.4, 0.5) is 0 Å². The SMILES string of the molecule is CCOC(=O)c1c(C)[nH]c(C(=O)COc2ccccc2C(N)=O)c1C. The lowest BCUT2D eigenvalue weighted by molar-refractivity contribution is 0.0524. The van der Waals surface area contributed by atoms with E-state index in [0.29, 0.717) is 16.8 Å². The van der Waals surface area contributed by atoms with Gasteiger partial charge in [-0.2, -0.15) is 0 Å². The number of ether oxygens (including phenoxy) is 2. The standard InChI is InChI=1S/C18H20N2O5/c1-4-24-18(23)15-10(2)16(20-11(15)3)13(21)9-25-14-8-6-5-7-12(14)17(19)22/h5-8,20H,4,9H2,1-3H3,(H2,19,22). The molecule has 0 atom stereocenters. The summed E-state index contributed by atoms with van der Waals surface area (Å²) in [6, 6.07) is 6.41. The first-order valence-corrected chi connectivity index (χ1v) is 7.77. The quantitative estimate of drug-likeness (QED) is 0.590. The van der Waals surface area contributed by atoms with E-state index >= 15 is 0 Å². The first-order valence-electron chi connectivity index (χ1n) is 7.77. The Kier molecular flexibility index (Phi) is 5.59. The number of carbonyl (C=O) groups is 3. The van der Waals surface area contributed by atoms with Gasteiger partial charge in [-0.15, -0.1) is 0 Å². The number of H-pyrrole nitrogens is 1. The van der Waals surface area contributed by atoms with Crippen LogP contribution in [0.25, 0.3) is 0 Å². The fourth-order valence-electron chi connectivity index (χ4n) is 2.55. The van der Waals surface area contributed by atoms with Gasteiger partial charge in [0, 0.05) is 5.69 Å². The number of benzene rings is 1. The molecule has 0 fully saturated rings. The smallest absolute Gasteiger partial charge is 0.340 e. The summed E-state index contributed by atoms with van der Waals surface area (Å²) in [4.78, 5) is 38.7. The van der Waals surface area contributed by atoms with Crippen molar-refractivity contribution in [1.82, 2.24) is 4.98 Å². The van der Waals surface area contributed by atoms with Crippen molar-refractivity contribution in [2.24, 2.45) is 5.73 Å². The lowest BCUT2D eigenvalue weighted by atomic mass is 10.1. The van der Waals surface area contributed by atoms with E-state index < -0.39 is 11.9 Å². The molecule has 7 nitrogen and oxygen atoms in total. The first kappa shape index (κ1) is 18.3. The maximum atomic E-state index is 12.4. The number of esters is 1. The average Bonchev–Trinajstić information content (AvgIpc) is 2.87. The molecule has 1 aromatic carbocycles. The van der Waals surface area contributed by atoms with Gasteiger partial charge in [-0.3, -0.25) is 9.59 Å². The Labute approximate surface area is 145 Å². The van der Waals surface area contributed by atoms with Crippen LogP contribution < -0.4 is 10.5 Å². The summed E-state index contributed by atoms with van der Waals surface area (Å²) in [5, 5.41) is 0. The Morgan fingerprint density at radius 3 is 2.48 bits per heavy atom. The van der Waals surface area contributed by atoms with Gasteiger partial charge in [-0.25, -0.2) is 4.79 Å². The van der Waals surface area contributed by atoms with Gasteiger partial charge < -0.3 is 20.2 Å². The van der Waals surface area contributed by atoms with Gasteiger partial charge in [0.25, 0.3) is 5.91 Å². The van der Waals surface area contributed by atoms with Crippen LogP contribution in [0.2, 0.25) is 0 Å². The average molecular weight is 344 g/mol. The van der Waals surface area contributed by atoms with Crippen LogP contribution >= 0.6 is 0 Å². The number of Topliss-reactive ketones (excluding diaryl/α,β-unsaturated/α-hetero) is 1. The highest BCUT2D eigenvalue weighted by Crippen LogP contribution is 2.21. The second-order valence-electron chi connectivity index (χ2n) is 5.42. The zero-order valence-electron chi connectivity index (χ0n) is 14.3. The van der Waals surface area contributed by atoms with E-state index in [1.54, 1.807) is 39.0 Å². The molecule has 0 saturated heterocycles. The van der Waals surface area contributed by atoms with Gasteiger partial charge in [0.1, 0.15) is 5.75 Å². The van der Waals surface area contributed by atoms with Crippen LogP contribution in [0, 0.1) is 13.8 Å². The van der Waals surface area contributed by atoms with Crippen LogP contribution in [0.1, 0.15) is 49.4 Å². The first-order chi connectivity index (χ1) is 11.9. The number of para-hydroxylation sites is 1. The number of nitrogens with one attached hydrogen (secondary N) is 1. The summed E-state index contributed by atoms with van der Waals surface area (Å²) in [5.41, 5.74) is 7.16. The minimum Gasteiger partial charge on any atom is -0.485 e. The largest absolute Gasteiger partial charge is 0.485 e. The summed E-state index contributed by atoms with van der Waals surface area (Å²) in [5.74, 6) is -1.24. The Balaban J connectivity index is 2.19. The Morgan fingerprint density at radius 2 is 1.84 bits per heavy atom. The molecular weight excluding hydrogens is 324 g/mol. The number of hydrogen-bond donors (Lipinski definition) is 2. The summed E-state index contributed by atoms with van der Waals surface area (Å²) in [6.07, 6.45) is 0. The van der Waals surface area contributed by atoms with Gasteiger partial charge in [-0.05, 0) is 38.5 Å². The number of carbonyl (C=O) groups excluding carboxylic acids is 3. The number of aromatic nitrogens is 1. The fourth-order valence-corrected chi connectivity index (χ4v) is 2.55. The van der Waals surface area contributed by atoms with E-state index in [-0.39, 0.29) is 36.0 Å². The molecule has 0 radical (unpaired) electrons. The lowest BCUT2D eigenvalue weighted by Gasteiger charge is -2.08. The zero-order valence-corrected chi connectivity index (χ0v) is 14.3. The van der Waals surface area contributed by atoms with Gasteiger partial charge in [0.15, 0.2) is 6.61 Å². The Hall–Kier alpha value is -3.09. The van der Waals surface area contributed by atoms with E-state index in [4.69, 9.17) is 15.2 Å². The molecule has 132 valence electrons. The predicted octanol–water partition coefficient (Wildman–Crippen LogP) is 2.17. The van der Waals surface area contributed by atoms with Crippen molar-refractivity contribution in [3.8, 4) is 5.75 Å². The van der Waals surface area contributed by atoms with Crippen LogP contribution in [-0.4, -0.2) is 35.9 Å². The van der Waals surface area contributed by atoms with E-state index in [1.807, 2.05) is 0 Å². The molecule has 2 rings (SSSR count). The molecule has 1 aromatic heterocycles. The van der Waals surface area contributed by atoms with E-state index in [0.717, 1.165) is 0 Å². The topological polar surface area (TPSA) is 111 Å². The normalized spacial score (nSPS) is 10.4. The molecule has 1 heterocycles. The molecule has 1 amide bonds. The molecule has 25 heavy (non-hydrogen) atoms. The van der Waals surface area contributed by atoms with Crippen molar-refractivity contribution < 1.29 is 23.9 Å². The molecule has 0 saturated carbocycles. The highest BCUT2D eigenvalue weighted by atomic mass is 16.5. The molecule has 0 spiro atoms.